The molecular formula is C82H160O17P2. The normalized spacial score (nSPS) is 13.8. The van der Waals surface area contributed by atoms with Crippen LogP contribution >= 0.6 is 15.6 Å². The van der Waals surface area contributed by atoms with Crippen molar-refractivity contribution >= 4 is 39.5 Å². The van der Waals surface area contributed by atoms with E-state index in [2.05, 4.69) is 34.6 Å². The zero-order valence-electron chi connectivity index (χ0n) is 66.1. The van der Waals surface area contributed by atoms with Crippen molar-refractivity contribution in [3.63, 3.8) is 0 Å². The summed E-state index contributed by atoms with van der Waals surface area (Å²) in [5.41, 5.74) is 0. The van der Waals surface area contributed by atoms with Gasteiger partial charge in [0.1, 0.15) is 19.3 Å². The molecule has 600 valence electrons. The molecule has 0 aliphatic rings. The lowest BCUT2D eigenvalue weighted by Crippen LogP contribution is -2.30. The summed E-state index contributed by atoms with van der Waals surface area (Å²) in [6.07, 6.45) is 66.5. The van der Waals surface area contributed by atoms with Crippen LogP contribution in [0.15, 0.2) is 0 Å². The highest BCUT2D eigenvalue weighted by Gasteiger charge is 2.30. The Kier molecular flexibility index (Phi) is 73.5. The van der Waals surface area contributed by atoms with Gasteiger partial charge in [-0.3, -0.25) is 37.3 Å². The summed E-state index contributed by atoms with van der Waals surface area (Å²) in [7, 11) is -9.92. The Morgan fingerprint density at radius 2 is 0.455 bits per heavy atom. The molecule has 3 N–H and O–H groups in total. The van der Waals surface area contributed by atoms with Crippen molar-refractivity contribution in [3.8, 4) is 0 Å². The number of carbonyl (C=O) groups excluding carboxylic acids is 4. The molecule has 0 aliphatic heterocycles. The third-order valence-electron chi connectivity index (χ3n) is 19.3. The summed E-state index contributed by atoms with van der Waals surface area (Å²) in [5, 5.41) is 10.6. The van der Waals surface area contributed by atoms with E-state index in [1.54, 1.807) is 0 Å². The minimum absolute atomic E-state index is 0.108. The Labute approximate surface area is 619 Å². The third kappa shape index (κ3) is 76.1. The summed E-state index contributed by atoms with van der Waals surface area (Å²) < 4.78 is 68.7. The van der Waals surface area contributed by atoms with Gasteiger partial charge in [-0.2, -0.15) is 0 Å². The molecule has 0 radical (unpaired) electrons. The molecule has 0 saturated heterocycles. The average Bonchev–Trinajstić information content (AvgIpc) is 0.932. The molecule has 101 heavy (non-hydrogen) atoms. The Balaban J connectivity index is 5.22. The van der Waals surface area contributed by atoms with E-state index in [0.29, 0.717) is 25.7 Å². The second kappa shape index (κ2) is 74.9. The van der Waals surface area contributed by atoms with Gasteiger partial charge in [0, 0.05) is 25.7 Å². The van der Waals surface area contributed by atoms with Crippen LogP contribution < -0.4 is 0 Å². The highest BCUT2D eigenvalue weighted by Crippen LogP contribution is 2.45. The molecule has 0 bridgehead atoms. The molecular weight excluding hydrogens is 1320 g/mol. The van der Waals surface area contributed by atoms with Gasteiger partial charge in [0.15, 0.2) is 12.2 Å². The van der Waals surface area contributed by atoms with Gasteiger partial charge in [0.2, 0.25) is 0 Å². The SMILES string of the molecule is CCCCCCCCCCCCCCCCCCC(=O)OC[C@H](COP(=O)(O)OC[C@@H](O)COP(=O)(O)OC[C@@H](COC(=O)CCCCCCCCCCCCC)OC(=O)CCCCCCCCCCCCCCC)OC(=O)CCCCCCCCCCCCCCCCCCCCC(C)C. The van der Waals surface area contributed by atoms with Gasteiger partial charge < -0.3 is 33.8 Å². The average molecular weight is 1480 g/mol. The first-order chi connectivity index (χ1) is 49.0. The largest absolute Gasteiger partial charge is 0.472 e. The number of esters is 4. The molecule has 0 spiro atoms. The molecule has 0 heterocycles. The van der Waals surface area contributed by atoms with Crippen LogP contribution in [0.5, 0.6) is 0 Å². The van der Waals surface area contributed by atoms with Gasteiger partial charge in [-0.05, 0) is 31.6 Å². The van der Waals surface area contributed by atoms with Crippen LogP contribution in [0.1, 0.15) is 439 Å². The van der Waals surface area contributed by atoms with Crippen LogP contribution in [0.25, 0.3) is 0 Å². The van der Waals surface area contributed by atoms with Gasteiger partial charge in [0.05, 0.1) is 26.4 Å². The molecule has 0 aromatic heterocycles. The Hall–Kier alpha value is -1.94. The van der Waals surface area contributed by atoms with E-state index >= 15 is 0 Å². The summed E-state index contributed by atoms with van der Waals surface area (Å²) in [6, 6.07) is 0. The maximum absolute atomic E-state index is 13.1. The van der Waals surface area contributed by atoms with Crippen molar-refractivity contribution in [2.24, 2.45) is 5.92 Å². The molecule has 0 fully saturated rings. The first-order valence-electron chi connectivity index (χ1n) is 42.6. The van der Waals surface area contributed by atoms with Crippen LogP contribution in [-0.2, 0) is 65.4 Å². The second-order valence-electron chi connectivity index (χ2n) is 30.0. The first kappa shape index (κ1) is 99.1. The Bertz CT molecular complexity index is 1930. The molecule has 5 atom stereocenters. The molecule has 0 amide bonds. The number of ether oxygens (including phenoxy) is 4. The number of aliphatic hydroxyl groups is 1. The second-order valence-corrected chi connectivity index (χ2v) is 32.9. The summed E-state index contributed by atoms with van der Waals surface area (Å²) in [5.74, 6) is -1.28. The van der Waals surface area contributed by atoms with Crippen LogP contribution in [0, 0.1) is 5.92 Å². The lowest BCUT2D eigenvalue weighted by Gasteiger charge is -2.21. The van der Waals surface area contributed by atoms with Crippen molar-refractivity contribution in [3.05, 3.63) is 0 Å². The summed E-state index contributed by atoms with van der Waals surface area (Å²) >= 11 is 0. The molecule has 19 heteroatoms. The fourth-order valence-electron chi connectivity index (χ4n) is 12.8. The van der Waals surface area contributed by atoms with Gasteiger partial charge in [-0.1, -0.05) is 388 Å². The summed E-state index contributed by atoms with van der Waals surface area (Å²) in [4.78, 5) is 73.0. The van der Waals surface area contributed by atoms with Crippen LogP contribution in [0.2, 0.25) is 0 Å². The predicted octanol–water partition coefficient (Wildman–Crippen LogP) is 24.8. The van der Waals surface area contributed by atoms with E-state index in [1.807, 2.05) is 0 Å². The zero-order valence-corrected chi connectivity index (χ0v) is 67.8. The first-order valence-corrected chi connectivity index (χ1v) is 45.6. The number of aliphatic hydroxyl groups excluding tert-OH is 1. The Morgan fingerprint density at radius 3 is 0.673 bits per heavy atom. The van der Waals surface area contributed by atoms with Crippen molar-refractivity contribution in [1.29, 1.82) is 0 Å². The van der Waals surface area contributed by atoms with Crippen molar-refractivity contribution in [1.82, 2.24) is 0 Å². The maximum atomic E-state index is 13.1. The molecule has 0 saturated carbocycles. The van der Waals surface area contributed by atoms with E-state index in [9.17, 15) is 43.2 Å². The summed E-state index contributed by atoms with van der Waals surface area (Å²) in [6.45, 7) is 7.38. The van der Waals surface area contributed by atoms with Crippen molar-refractivity contribution in [2.75, 3.05) is 39.6 Å². The highest BCUT2D eigenvalue weighted by molar-refractivity contribution is 7.47. The van der Waals surface area contributed by atoms with Crippen LogP contribution in [-0.4, -0.2) is 96.7 Å². The topological polar surface area (TPSA) is 237 Å². The van der Waals surface area contributed by atoms with Gasteiger partial charge in [-0.25, -0.2) is 9.13 Å². The van der Waals surface area contributed by atoms with Crippen LogP contribution in [0.4, 0.5) is 0 Å². The molecule has 2 unspecified atom stereocenters. The number of carbonyl (C=O) groups is 4. The smallest absolute Gasteiger partial charge is 0.462 e. The monoisotopic (exact) mass is 1480 g/mol. The number of hydrogen-bond acceptors (Lipinski definition) is 15. The van der Waals surface area contributed by atoms with Gasteiger partial charge in [-0.15, -0.1) is 0 Å². The number of phosphoric ester groups is 2. The lowest BCUT2D eigenvalue weighted by molar-refractivity contribution is -0.161. The third-order valence-corrected chi connectivity index (χ3v) is 21.2. The number of unbranched alkanes of at least 4 members (excludes halogenated alkanes) is 54. The van der Waals surface area contributed by atoms with Crippen molar-refractivity contribution in [2.45, 2.75) is 457 Å². The lowest BCUT2D eigenvalue weighted by atomic mass is 10.0. The molecule has 0 aliphatic carbocycles. The highest BCUT2D eigenvalue weighted by atomic mass is 31.2. The van der Waals surface area contributed by atoms with Gasteiger partial charge in [0.25, 0.3) is 0 Å². The number of phosphoric acid groups is 2. The van der Waals surface area contributed by atoms with Crippen LogP contribution in [0.3, 0.4) is 0 Å². The van der Waals surface area contributed by atoms with E-state index in [0.717, 1.165) is 95.8 Å². The molecule has 17 nitrogen and oxygen atoms in total. The fourth-order valence-corrected chi connectivity index (χ4v) is 14.3. The van der Waals surface area contributed by atoms with E-state index < -0.39 is 97.5 Å². The molecule has 0 aromatic rings. The van der Waals surface area contributed by atoms with E-state index in [4.69, 9.17) is 37.0 Å². The van der Waals surface area contributed by atoms with Crippen molar-refractivity contribution < 1.29 is 80.2 Å². The maximum Gasteiger partial charge on any atom is 0.472 e. The van der Waals surface area contributed by atoms with E-state index in [-0.39, 0.29) is 25.7 Å². The minimum atomic E-state index is -4.96. The van der Waals surface area contributed by atoms with Gasteiger partial charge >= 0.3 is 39.5 Å². The minimum Gasteiger partial charge on any atom is -0.462 e. The molecule has 0 aromatic carbocycles. The Morgan fingerprint density at radius 1 is 0.267 bits per heavy atom. The molecule has 0 rings (SSSR count). The zero-order chi connectivity index (χ0) is 74.1. The van der Waals surface area contributed by atoms with E-state index in [1.165, 1.54) is 263 Å². The quantitative estimate of drug-likeness (QED) is 0.0222. The predicted molar refractivity (Wildman–Crippen MR) is 414 cm³/mol. The standard InChI is InChI=1S/C82H160O17P2/c1-6-9-12-15-18-21-24-26-27-33-37-41-46-51-56-61-66-80(85)93-72-78(99-82(87)68-63-58-53-48-43-38-34-31-29-28-30-32-36-40-44-49-54-59-64-75(4)5)74-97-101(90,91)95-70-76(83)69-94-100(88,89)96-73-77(71-92-79(84)65-60-55-50-45-39-23-20-17-14-11-8-3)98-81(86)67-62-57-52-47-42-35-25-22-19-16-13-10-7-2/h75-78,83H,6-74H2,1-5H3,(H,88,89)(H,90,91)/t76-,77+,78+/m0/s1. The number of rotatable bonds is 82. The fraction of sp³-hybridized carbons (Fsp3) is 0.951. The number of hydrogen-bond donors (Lipinski definition) is 3.